The zero-order valence-electron chi connectivity index (χ0n) is 17.3. The zero-order chi connectivity index (χ0) is 21.8. The minimum absolute atomic E-state index is 0.483. The molecule has 0 aliphatic carbocycles. The maximum absolute atomic E-state index is 5.27. The summed E-state index contributed by atoms with van der Waals surface area (Å²) in [5.41, 5.74) is 4.59. The summed E-state index contributed by atoms with van der Waals surface area (Å²) in [5.74, 6) is 1.25. The number of hydrogen-bond acceptors (Lipinski definition) is 5. The minimum atomic E-state index is 0.483. The van der Waals surface area contributed by atoms with Gasteiger partial charge in [0.25, 0.3) is 0 Å². The smallest absolute Gasteiger partial charge is 0.211 e. The highest BCUT2D eigenvalue weighted by molar-refractivity contribution is 7.13. The molecule has 0 bridgehead atoms. The van der Waals surface area contributed by atoms with Crippen molar-refractivity contribution in [1.29, 1.82) is 0 Å². The highest BCUT2D eigenvalue weighted by atomic mass is 32.1. The Morgan fingerprint density at radius 2 is 1.72 bits per heavy atom. The summed E-state index contributed by atoms with van der Waals surface area (Å²) < 4.78 is 5.27. The fraction of sp³-hybridized carbons (Fsp3) is 0.0400. The molecular formula is C25H19N5OS. The molecule has 1 N–H and O–H groups in total. The number of hydrogen-bond donors (Lipinski definition) is 1. The van der Waals surface area contributed by atoms with Gasteiger partial charge in [-0.3, -0.25) is 0 Å². The van der Waals surface area contributed by atoms with E-state index in [1.54, 1.807) is 7.11 Å². The maximum atomic E-state index is 5.27. The van der Waals surface area contributed by atoms with Gasteiger partial charge in [-0.25, -0.2) is 4.98 Å². The number of nitrogens with zero attached hydrogens (tertiary/aromatic N) is 4. The number of thiazole rings is 1. The number of aromatic amines is 1. The van der Waals surface area contributed by atoms with E-state index in [2.05, 4.69) is 27.3 Å². The van der Waals surface area contributed by atoms with Crippen molar-refractivity contribution in [3.05, 3.63) is 96.0 Å². The van der Waals surface area contributed by atoms with E-state index in [0.29, 0.717) is 11.0 Å². The van der Waals surface area contributed by atoms with E-state index >= 15 is 0 Å². The Kier molecular flexibility index (Phi) is 5.55. The molecule has 6 nitrogen and oxygen atoms in total. The Morgan fingerprint density at radius 3 is 2.53 bits per heavy atom. The average Bonchev–Trinajstić information content (AvgIpc) is 3.49. The van der Waals surface area contributed by atoms with E-state index in [1.807, 2.05) is 78.3 Å². The molecule has 5 rings (SSSR count). The molecule has 0 radical (unpaired) electrons. The number of azo groups is 1. The van der Waals surface area contributed by atoms with Crippen LogP contribution in [0.1, 0.15) is 5.56 Å². The van der Waals surface area contributed by atoms with Crippen molar-refractivity contribution in [3.63, 3.8) is 0 Å². The standard InChI is InChI=1S/C25H19N5OS/c1-31-19-13-11-17(12-14-19)24(30-29-18-7-3-2-4-8-18)28-25-27-23(16-32-25)21-15-26-22-10-6-5-9-20(21)22/h2-16,26H,1H3/b28-24-,30-29?. The largest absolute Gasteiger partial charge is 0.497 e. The monoisotopic (exact) mass is 437 g/mol. The molecule has 0 saturated carbocycles. The van der Waals surface area contributed by atoms with Gasteiger partial charge in [0.2, 0.25) is 5.13 Å². The molecule has 0 aliphatic heterocycles. The third-order valence-corrected chi connectivity index (χ3v) is 5.66. The molecule has 0 unspecified atom stereocenters. The van der Waals surface area contributed by atoms with Gasteiger partial charge in [-0.2, -0.15) is 4.99 Å². The number of aliphatic imine (C=N–C) groups is 1. The van der Waals surface area contributed by atoms with Crippen LogP contribution in [0.3, 0.4) is 0 Å². The zero-order valence-corrected chi connectivity index (χ0v) is 18.1. The molecule has 0 atom stereocenters. The first-order valence-corrected chi connectivity index (χ1v) is 10.9. The molecule has 3 aromatic carbocycles. The van der Waals surface area contributed by atoms with Crippen LogP contribution in [0.2, 0.25) is 0 Å². The molecule has 156 valence electrons. The van der Waals surface area contributed by atoms with E-state index in [4.69, 9.17) is 14.7 Å². The Bertz CT molecular complexity index is 1400. The molecular weight excluding hydrogens is 418 g/mol. The molecule has 0 spiro atoms. The van der Waals surface area contributed by atoms with Crippen molar-refractivity contribution < 1.29 is 4.74 Å². The lowest BCUT2D eigenvalue weighted by Crippen LogP contribution is -1.96. The van der Waals surface area contributed by atoms with E-state index < -0.39 is 0 Å². The van der Waals surface area contributed by atoms with E-state index in [0.717, 1.165) is 39.2 Å². The topological polar surface area (TPSA) is 75.0 Å². The Morgan fingerprint density at radius 1 is 0.938 bits per heavy atom. The van der Waals surface area contributed by atoms with Gasteiger partial charge in [0, 0.05) is 33.6 Å². The highest BCUT2D eigenvalue weighted by Crippen LogP contribution is 2.32. The molecule has 0 aliphatic rings. The maximum Gasteiger partial charge on any atom is 0.211 e. The van der Waals surface area contributed by atoms with Gasteiger partial charge in [0.1, 0.15) is 5.75 Å². The Labute approximate surface area is 189 Å². The SMILES string of the molecule is COc1ccc(/C(N=Nc2ccccc2)=N/c2nc(-c3c[nH]c4ccccc34)cs2)cc1. The molecule has 5 aromatic rings. The number of amidine groups is 1. The van der Waals surface area contributed by atoms with Gasteiger partial charge in [0.15, 0.2) is 5.84 Å². The number of H-pyrrole nitrogens is 1. The van der Waals surface area contributed by atoms with Crippen molar-refractivity contribution in [1.82, 2.24) is 9.97 Å². The molecule has 7 heteroatoms. The lowest BCUT2D eigenvalue weighted by molar-refractivity contribution is 0.415. The van der Waals surface area contributed by atoms with Crippen molar-refractivity contribution in [3.8, 4) is 17.0 Å². The number of benzene rings is 3. The lowest BCUT2D eigenvalue weighted by atomic mass is 10.1. The summed E-state index contributed by atoms with van der Waals surface area (Å²) in [5, 5.41) is 12.5. The summed E-state index contributed by atoms with van der Waals surface area (Å²) in [6, 6.07) is 25.3. The summed E-state index contributed by atoms with van der Waals surface area (Å²) in [6.07, 6.45) is 1.98. The second-order valence-corrected chi connectivity index (χ2v) is 7.80. The number of aromatic nitrogens is 2. The van der Waals surface area contributed by atoms with Crippen LogP contribution in [0.5, 0.6) is 5.75 Å². The van der Waals surface area contributed by atoms with Crippen LogP contribution in [0.4, 0.5) is 10.8 Å². The second-order valence-electron chi connectivity index (χ2n) is 6.96. The fourth-order valence-electron chi connectivity index (χ4n) is 3.30. The van der Waals surface area contributed by atoms with Gasteiger partial charge in [-0.15, -0.1) is 21.6 Å². The fourth-order valence-corrected chi connectivity index (χ4v) is 3.98. The first kappa shape index (κ1) is 19.8. The lowest BCUT2D eigenvalue weighted by Gasteiger charge is -2.02. The predicted octanol–water partition coefficient (Wildman–Crippen LogP) is 7.16. The summed E-state index contributed by atoms with van der Waals surface area (Å²) >= 11 is 1.47. The predicted molar refractivity (Wildman–Crippen MR) is 130 cm³/mol. The number of methoxy groups -OCH3 is 1. The van der Waals surface area contributed by atoms with Gasteiger partial charge >= 0.3 is 0 Å². The summed E-state index contributed by atoms with van der Waals surface area (Å²) in [7, 11) is 1.64. The number of rotatable bonds is 5. The number of ether oxygens (including phenoxy) is 1. The van der Waals surface area contributed by atoms with Crippen LogP contribution in [-0.2, 0) is 0 Å². The molecule has 2 heterocycles. The van der Waals surface area contributed by atoms with E-state index in [9.17, 15) is 0 Å². The first-order valence-electron chi connectivity index (χ1n) is 10.0. The molecule has 0 amide bonds. The number of nitrogens with one attached hydrogen (secondary N) is 1. The second kappa shape index (κ2) is 8.95. The highest BCUT2D eigenvalue weighted by Gasteiger charge is 2.11. The molecule has 32 heavy (non-hydrogen) atoms. The quantitative estimate of drug-likeness (QED) is 0.180. The average molecular weight is 438 g/mol. The van der Waals surface area contributed by atoms with E-state index in [1.165, 1.54) is 11.3 Å². The molecule has 0 fully saturated rings. The van der Waals surface area contributed by atoms with Crippen molar-refractivity contribution in [2.45, 2.75) is 0 Å². The van der Waals surface area contributed by atoms with Gasteiger partial charge in [0.05, 0.1) is 18.5 Å². The van der Waals surface area contributed by atoms with E-state index in [-0.39, 0.29) is 0 Å². The van der Waals surface area contributed by atoms with Crippen LogP contribution < -0.4 is 4.74 Å². The van der Waals surface area contributed by atoms with Gasteiger partial charge in [-0.1, -0.05) is 36.4 Å². The van der Waals surface area contributed by atoms with Gasteiger partial charge < -0.3 is 9.72 Å². The minimum Gasteiger partial charge on any atom is -0.497 e. The van der Waals surface area contributed by atoms with Crippen molar-refractivity contribution >= 4 is 38.9 Å². The normalized spacial score (nSPS) is 12.0. The van der Waals surface area contributed by atoms with Gasteiger partial charge in [-0.05, 0) is 42.5 Å². The Balaban J connectivity index is 1.52. The Hall–Kier alpha value is -4.10. The number of fused-ring (bicyclic) bond motifs is 1. The number of para-hydroxylation sites is 1. The van der Waals surface area contributed by atoms with Crippen molar-refractivity contribution in [2.24, 2.45) is 15.2 Å². The summed E-state index contributed by atoms with van der Waals surface area (Å²) in [6.45, 7) is 0. The van der Waals surface area contributed by atoms with Crippen LogP contribution in [0, 0.1) is 0 Å². The van der Waals surface area contributed by atoms with Crippen LogP contribution in [-0.4, -0.2) is 22.9 Å². The van der Waals surface area contributed by atoms with Crippen LogP contribution >= 0.6 is 11.3 Å². The third-order valence-electron chi connectivity index (χ3n) is 4.92. The third kappa shape index (κ3) is 4.19. The molecule has 2 aromatic heterocycles. The van der Waals surface area contributed by atoms with Crippen LogP contribution in [0.25, 0.3) is 22.2 Å². The first-order chi connectivity index (χ1) is 15.8. The summed E-state index contributed by atoms with van der Waals surface area (Å²) in [4.78, 5) is 12.8. The van der Waals surface area contributed by atoms with Crippen molar-refractivity contribution in [2.75, 3.05) is 7.11 Å². The van der Waals surface area contributed by atoms with Crippen LogP contribution in [0.15, 0.2) is 106 Å². The molecule has 0 saturated heterocycles.